The van der Waals surface area contributed by atoms with Crippen LogP contribution in [0.15, 0.2) is 12.3 Å². The lowest BCUT2D eigenvalue weighted by Crippen LogP contribution is -2.07. The Labute approximate surface area is 83.2 Å². The molecule has 0 aliphatic carbocycles. The summed E-state index contributed by atoms with van der Waals surface area (Å²) in [6.45, 7) is 7.69. The summed E-state index contributed by atoms with van der Waals surface area (Å²) in [6.07, 6.45) is 13.0. The fraction of sp³-hybridized carbons (Fsp3) is 0.750. The zero-order valence-corrected chi connectivity index (χ0v) is 9.42. The highest BCUT2D eigenvalue weighted by Crippen LogP contribution is 1.99. The van der Waals surface area contributed by atoms with E-state index in [1.54, 1.807) is 0 Å². The van der Waals surface area contributed by atoms with Crippen molar-refractivity contribution >= 4 is 6.21 Å². The Morgan fingerprint density at radius 1 is 1.08 bits per heavy atom. The van der Waals surface area contributed by atoms with Crippen molar-refractivity contribution in [2.45, 2.75) is 52.9 Å². The van der Waals surface area contributed by atoms with Crippen LogP contribution in [0.5, 0.6) is 0 Å². The molecule has 0 amide bonds. The number of hydrogen-bond donors (Lipinski definition) is 0. The highest BCUT2D eigenvalue weighted by atomic mass is 15.0. The maximum absolute atomic E-state index is 2.30. The van der Waals surface area contributed by atoms with E-state index >= 15 is 0 Å². The maximum atomic E-state index is 2.30. The number of nitrogens with zero attached hydrogens (tertiary/aromatic N) is 1. The van der Waals surface area contributed by atoms with Crippen molar-refractivity contribution in [1.82, 2.24) is 0 Å². The van der Waals surface area contributed by atoms with Gasteiger partial charge in [-0.15, -0.1) is 0 Å². The van der Waals surface area contributed by atoms with E-state index in [4.69, 9.17) is 0 Å². The highest BCUT2D eigenvalue weighted by Gasteiger charge is 1.97. The topological polar surface area (TPSA) is 3.01 Å². The van der Waals surface area contributed by atoms with Crippen LogP contribution in [0.4, 0.5) is 0 Å². The fourth-order valence-electron chi connectivity index (χ4n) is 1.37. The van der Waals surface area contributed by atoms with E-state index in [1.807, 2.05) is 0 Å². The summed E-state index contributed by atoms with van der Waals surface area (Å²) in [4.78, 5) is 0. The van der Waals surface area contributed by atoms with Crippen LogP contribution in [-0.2, 0) is 0 Å². The molecule has 0 atom stereocenters. The quantitative estimate of drug-likeness (QED) is 0.321. The van der Waals surface area contributed by atoms with Crippen LogP contribution >= 0.6 is 0 Å². The molecule has 0 bridgehead atoms. The van der Waals surface area contributed by atoms with E-state index in [0.717, 1.165) is 6.42 Å². The van der Waals surface area contributed by atoms with Crippen LogP contribution in [0.1, 0.15) is 52.9 Å². The minimum Gasteiger partial charge on any atom is -0.209 e. The molecule has 76 valence electrons. The molecule has 0 aromatic rings. The Morgan fingerprint density at radius 2 is 1.85 bits per heavy atom. The van der Waals surface area contributed by atoms with Crippen molar-refractivity contribution in [3.8, 4) is 0 Å². The van der Waals surface area contributed by atoms with Gasteiger partial charge in [0.2, 0.25) is 0 Å². The van der Waals surface area contributed by atoms with Crippen molar-refractivity contribution in [3.05, 3.63) is 12.3 Å². The van der Waals surface area contributed by atoms with Crippen molar-refractivity contribution < 1.29 is 4.58 Å². The molecule has 0 N–H and O–H groups in total. The van der Waals surface area contributed by atoms with Gasteiger partial charge < -0.3 is 0 Å². The van der Waals surface area contributed by atoms with Crippen LogP contribution in [0, 0.1) is 0 Å². The first-order valence-electron chi connectivity index (χ1n) is 5.57. The Morgan fingerprint density at radius 3 is 2.38 bits per heavy atom. The predicted octanol–water partition coefficient (Wildman–Crippen LogP) is 3.59. The number of allylic oxidation sites excluding steroid dienone is 1. The first-order chi connectivity index (χ1) is 6.35. The van der Waals surface area contributed by atoms with Gasteiger partial charge in [0.05, 0.1) is 0 Å². The van der Waals surface area contributed by atoms with Crippen molar-refractivity contribution in [1.29, 1.82) is 0 Å². The van der Waals surface area contributed by atoms with Gasteiger partial charge in [-0.2, -0.15) is 0 Å². The molecule has 0 saturated heterocycles. The lowest BCUT2D eigenvalue weighted by Gasteiger charge is -1.97. The molecule has 0 aliphatic heterocycles. The summed E-state index contributed by atoms with van der Waals surface area (Å²) in [6, 6.07) is 0. The molecule has 0 aliphatic rings. The molecule has 0 rings (SSSR count). The fourth-order valence-corrected chi connectivity index (χ4v) is 1.37. The van der Waals surface area contributed by atoms with Gasteiger partial charge in [-0.25, -0.2) is 4.58 Å². The van der Waals surface area contributed by atoms with Gasteiger partial charge in [0.25, 0.3) is 0 Å². The molecule has 0 heterocycles. The molecule has 0 aromatic heterocycles. The summed E-state index contributed by atoms with van der Waals surface area (Å²) in [5, 5.41) is 0. The van der Waals surface area contributed by atoms with E-state index in [9.17, 15) is 0 Å². The number of hydrogen-bond acceptors (Lipinski definition) is 0. The van der Waals surface area contributed by atoms with Crippen LogP contribution in [0.2, 0.25) is 0 Å². The third kappa shape index (κ3) is 7.76. The van der Waals surface area contributed by atoms with Gasteiger partial charge in [-0.1, -0.05) is 26.7 Å². The summed E-state index contributed by atoms with van der Waals surface area (Å²) in [7, 11) is 0. The van der Waals surface area contributed by atoms with Gasteiger partial charge in [-0.05, 0) is 19.4 Å². The second-order valence-corrected chi connectivity index (χ2v) is 3.37. The number of rotatable bonds is 7. The van der Waals surface area contributed by atoms with Crippen LogP contribution in [0.25, 0.3) is 0 Å². The molecule has 13 heavy (non-hydrogen) atoms. The molecule has 0 spiro atoms. The third-order valence-electron chi connectivity index (χ3n) is 2.03. The second-order valence-electron chi connectivity index (χ2n) is 3.37. The second kappa shape index (κ2) is 9.50. The maximum Gasteiger partial charge on any atom is 0.164 e. The van der Waals surface area contributed by atoms with E-state index in [2.05, 4.69) is 43.8 Å². The van der Waals surface area contributed by atoms with Gasteiger partial charge in [-0.3, -0.25) is 0 Å². The van der Waals surface area contributed by atoms with Gasteiger partial charge in [0.15, 0.2) is 6.20 Å². The van der Waals surface area contributed by atoms with Gasteiger partial charge in [0.1, 0.15) is 12.8 Å². The van der Waals surface area contributed by atoms with E-state index in [-0.39, 0.29) is 0 Å². The average Bonchev–Trinajstić information content (AvgIpc) is 2.13. The predicted molar refractivity (Wildman–Crippen MR) is 60.4 cm³/mol. The first kappa shape index (κ1) is 12.4. The lowest BCUT2D eigenvalue weighted by atomic mass is 10.2. The third-order valence-corrected chi connectivity index (χ3v) is 2.03. The van der Waals surface area contributed by atoms with Gasteiger partial charge >= 0.3 is 0 Å². The van der Waals surface area contributed by atoms with Crippen molar-refractivity contribution in [3.63, 3.8) is 0 Å². The number of unbranched alkanes of at least 4 members (excludes halogenated alkanes) is 3. The average molecular weight is 182 g/mol. The van der Waals surface area contributed by atoms with Crippen molar-refractivity contribution in [2.24, 2.45) is 0 Å². The standard InChI is InChI=1S/C12H24N/c1-4-7-8-9-12-13(10-5-2)11-6-3/h5,10-11H,4,6-9,12H2,1-3H3/q+1. The first-order valence-corrected chi connectivity index (χ1v) is 5.57. The Balaban J connectivity index is 3.64. The molecular weight excluding hydrogens is 158 g/mol. The zero-order valence-electron chi connectivity index (χ0n) is 9.42. The molecule has 0 fully saturated rings. The summed E-state index contributed by atoms with van der Waals surface area (Å²) in [5.41, 5.74) is 0. The molecule has 0 radical (unpaired) electrons. The largest absolute Gasteiger partial charge is 0.209 e. The normalized spacial score (nSPS) is 12.7. The molecule has 1 nitrogen and oxygen atoms in total. The Hall–Kier alpha value is -0.590. The van der Waals surface area contributed by atoms with E-state index in [0.29, 0.717) is 0 Å². The zero-order chi connectivity index (χ0) is 9.94. The highest BCUT2D eigenvalue weighted by molar-refractivity contribution is 5.50. The smallest absolute Gasteiger partial charge is 0.164 e. The van der Waals surface area contributed by atoms with Crippen LogP contribution in [-0.4, -0.2) is 17.3 Å². The lowest BCUT2D eigenvalue weighted by molar-refractivity contribution is -0.454. The molecule has 0 unspecified atom stereocenters. The van der Waals surface area contributed by atoms with Crippen LogP contribution in [0.3, 0.4) is 0 Å². The summed E-state index contributed by atoms with van der Waals surface area (Å²) < 4.78 is 2.30. The Kier molecular flexibility index (Phi) is 9.07. The van der Waals surface area contributed by atoms with E-state index < -0.39 is 0 Å². The minimum absolute atomic E-state index is 1.12. The molecule has 0 aromatic carbocycles. The van der Waals surface area contributed by atoms with Crippen molar-refractivity contribution in [2.75, 3.05) is 6.54 Å². The monoisotopic (exact) mass is 182 g/mol. The SMILES string of the molecule is CC=C[N+](=CCC)CCCCCC. The molecule has 0 saturated carbocycles. The summed E-state index contributed by atoms with van der Waals surface area (Å²) in [5.74, 6) is 0. The van der Waals surface area contributed by atoms with E-state index in [1.165, 1.54) is 32.2 Å². The van der Waals surface area contributed by atoms with Crippen LogP contribution < -0.4 is 0 Å². The molecular formula is C12H24N+. The summed E-state index contributed by atoms with van der Waals surface area (Å²) >= 11 is 0. The van der Waals surface area contributed by atoms with Gasteiger partial charge in [0, 0.05) is 12.8 Å². The minimum atomic E-state index is 1.12. The molecule has 1 heteroatoms. The Bertz CT molecular complexity index is 157.